The molecule has 0 spiro atoms. The van der Waals surface area contributed by atoms with E-state index in [1.54, 1.807) is 28.9 Å². The molecule has 2 rings (SSSR count). The van der Waals surface area contributed by atoms with Crippen molar-refractivity contribution < 1.29 is 18.7 Å². The Morgan fingerprint density at radius 2 is 1.89 bits per heavy atom. The minimum absolute atomic E-state index is 0.158. The molecule has 7 heteroatoms. The molecule has 0 radical (unpaired) electrons. The Kier molecular flexibility index (Phi) is 4.47. The zero-order valence-corrected chi connectivity index (χ0v) is 12.2. The molecule has 1 aliphatic rings. The van der Waals surface area contributed by atoms with Crippen LogP contribution < -0.4 is 0 Å². The first-order valence-electron chi connectivity index (χ1n) is 6.08. The quantitative estimate of drug-likeness (QED) is 0.831. The number of ether oxygens (including phenoxy) is 1. The van der Waals surface area contributed by atoms with Crippen molar-refractivity contribution in [2.45, 2.75) is 6.92 Å². The number of carbonyl (C=O) groups is 2. The number of furan rings is 1. The summed E-state index contributed by atoms with van der Waals surface area (Å²) in [7, 11) is 0. The van der Waals surface area contributed by atoms with E-state index in [-0.39, 0.29) is 12.0 Å². The van der Waals surface area contributed by atoms with E-state index in [1.165, 1.54) is 0 Å². The minimum atomic E-state index is -0.324. The van der Waals surface area contributed by atoms with Crippen molar-refractivity contribution >= 4 is 27.9 Å². The maximum Gasteiger partial charge on any atom is 0.409 e. The van der Waals surface area contributed by atoms with Gasteiger partial charge in [0.2, 0.25) is 0 Å². The van der Waals surface area contributed by atoms with Gasteiger partial charge in [-0.2, -0.15) is 0 Å². The molecule has 2 heterocycles. The average Bonchev–Trinajstić information content (AvgIpc) is 2.85. The number of nitrogens with zero attached hydrogens (tertiary/aromatic N) is 2. The van der Waals surface area contributed by atoms with E-state index in [0.717, 1.165) is 0 Å². The summed E-state index contributed by atoms with van der Waals surface area (Å²) in [6.07, 6.45) is -0.324. The number of hydrogen-bond acceptors (Lipinski definition) is 4. The molecular weight excluding hydrogens is 316 g/mol. The van der Waals surface area contributed by atoms with Crippen LogP contribution in [0, 0.1) is 0 Å². The number of halogens is 1. The number of amides is 2. The van der Waals surface area contributed by atoms with Gasteiger partial charge in [0, 0.05) is 26.2 Å². The van der Waals surface area contributed by atoms with Crippen molar-refractivity contribution in [3.63, 3.8) is 0 Å². The van der Waals surface area contributed by atoms with Crippen LogP contribution in [0.3, 0.4) is 0 Å². The van der Waals surface area contributed by atoms with Crippen LogP contribution in [0.15, 0.2) is 21.2 Å². The highest BCUT2D eigenvalue weighted by molar-refractivity contribution is 9.10. The van der Waals surface area contributed by atoms with Gasteiger partial charge in [-0.15, -0.1) is 0 Å². The highest BCUT2D eigenvalue weighted by Crippen LogP contribution is 2.16. The summed E-state index contributed by atoms with van der Waals surface area (Å²) in [5, 5.41) is 0. The van der Waals surface area contributed by atoms with Crippen LogP contribution in [-0.4, -0.2) is 54.6 Å². The predicted molar refractivity (Wildman–Crippen MR) is 70.9 cm³/mol. The van der Waals surface area contributed by atoms with E-state index in [9.17, 15) is 9.59 Å². The van der Waals surface area contributed by atoms with Crippen molar-refractivity contribution in [3.8, 4) is 0 Å². The van der Waals surface area contributed by atoms with Crippen LogP contribution in [0.4, 0.5) is 4.79 Å². The Morgan fingerprint density at radius 3 is 2.42 bits per heavy atom. The summed E-state index contributed by atoms with van der Waals surface area (Å²) in [6, 6.07) is 3.31. The van der Waals surface area contributed by atoms with Gasteiger partial charge in [-0.3, -0.25) is 4.79 Å². The van der Waals surface area contributed by atoms with Crippen molar-refractivity contribution in [3.05, 3.63) is 22.6 Å². The van der Waals surface area contributed by atoms with Gasteiger partial charge in [0.1, 0.15) is 0 Å². The van der Waals surface area contributed by atoms with Gasteiger partial charge in [-0.1, -0.05) is 0 Å². The molecule has 0 N–H and O–H groups in total. The van der Waals surface area contributed by atoms with Gasteiger partial charge in [-0.05, 0) is 35.0 Å². The largest absolute Gasteiger partial charge is 0.450 e. The Balaban J connectivity index is 1.89. The van der Waals surface area contributed by atoms with Gasteiger partial charge in [0.05, 0.1) is 6.61 Å². The second-order valence-electron chi connectivity index (χ2n) is 4.08. The first kappa shape index (κ1) is 13.9. The van der Waals surface area contributed by atoms with Crippen LogP contribution in [0.2, 0.25) is 0 Å². The third-order valence-electron chi connectivity index (χ3n) is 2.88. The molecule has 1 aromatic heterocycles. The Labute approximate surface area is 119 Å². The SMILES string of the molecule is CCOC(=O)N1CCN(C(=O)c2ccc(Br)o2)CC1. The van der Waals surface area contributed by atoms with Crippen molar-refractivity contribution in [2.75, 3.05) is 32.8 Å². The van der Waals surface area contributed by atoms with Gasteiger partial charge < -0.3 is 19.0 Å². The summed E-state index contributed by atoms with van der Waals surface area (Å²) < 4.78 is 10.7. The standard InChI is InChI=1S/C12H15BrN2O4/c1-2-18-12(17)15-7-5-14(6-8-15)11(16)9-3-4-10(13)19-9/h3-4H,2,5-8H2,1H3. The summed E-state index contributed by atoms with van der Waals surface area (Å²) in [4.78, 5) is 26.9. The summed E-state index contributed by atoms with van der Waals surface area (Å²) >= 11 is 3.16. The van der Waals surface area contributed by atoms with Gasteiger partial charge in [-0.25, -0.2) is 4.79 Å². The van der Waals surface area contributed by atoms with Gasteiger partial charge in [0.25, 0.3) is 5.91 Å². The van der Waals surface area contributed by atoms with Gasteiger partial charge >= 0.3 is 6.09 Å². The van der Waals surface area contributed by atoms with E-state index in [4.69, 9.17) is 9.15 Å². The summed E-state index contributed by atoms with van der Waals surface area (Å²) in [5.74, 6) is 0.144. The van der Waals surface area contributed by atoms with Crippen LogP contribution in [-0.2, 0) is 4.74 Å². The van der Waals surface area contributed by atoms with Crippen LogP contribution in [0.5, 0.6) is 0 Å². The summed E-state index contributed by atoms with van der Waals surface area (Å²) in [6.45, 7) is 4.05. The maximum absolute atomic E-state index is 12.1. The molecule has 1 aliphatic heterocycles. The number of rotatable bonds is 2. The average molecular weight is 331 g/mol. The predicted octanol–water partition coefficient (Wildman–Crippen LogP) is 1.96. The monoisotopic (exact) mass is 330 g/mol. The Bertz CT molecular complexity index is 466. The molecule has 104 valence electrons. The third kappa shape index (κ3) is 3.28. The lowest BCUT2D eigenvalue weighted by atomic mass is 10.3. The maximum atomic E-state index is 12.1. The molecule has 0 bridgehead atoms. The molecule has 0 aromatic carbocycles. The second kappa shape index (κ2) is 6.10. The van der Waals surface area contributed by atoms with E-state index in [2.05, 4.69) is 15.9 Å². The van der Waals surface area contributed by atoms with Crippen molar-refractivity contribution in [1.82, 2.24) is 9.80 Å². The highest BCUT2D eigenvalue weighted by Gasteiger charge is 2.26. The number of hydrogen-bond donors (Lipinski definition) is 0. The minimum Gasteiger partial charge on any atom is -0.450 e. The number of carbonyl (C=O) groups excluding carboxylic acids is 2. The second-order valence-corrected chi connectivity index (χ2v) is 4.86. The fourth-order valence-electron chi connectivity index (χ4n) is 1.89. The smallest absolute Gasteiger partial charge is 0.409 e. The van der Waals surface area contributed by atoms with Crippen molar-refractivity contribution in [2.24, 2.45) is 0 Å². The van der Waals surface area contributed by atoms with E-state index in [0.29, 0.717) is 43.2 Å². The molecule has 0 aliphatic carbocycles. The fourth-order valence-corrected chi connectivity index (χ4v) is 2.20. The lowest BCUT2D eigenvalue weighted by Crippen LogP contribution is -2.50. The molecule has 1 saturated heterocycles. The number of piperazine rings is 1. The molecule has 2 amide bonds. The molecular formula is C12H15BrN2O4. The van der Waals surface area contributed by atoms with Crippen LogP contribution in [0.1, 0.15) is 17.5 Å². The van der Waals surface area contributed by atoms with Crippen LogP contribution in [0.25, 0.3) is 0 Å². The van der Waals surface area contributed by atoms with E-state index >= 15 is 0 Å². The normalized spacial score (nSPS) is 15.5. The fraction of sp³-hybridized carbons (Fsp3) is 0.500. The lowest BCUT2D eigenvalue weighted by molar-refractivity contribution is 0.0545. The Morgan fingerprint density at radius 1 is 1.26 bits per heavy atom. The first-order valence-corrected chi connectivity index (χ1v) is 6.87. The summed E-state index contributed by atoms with van der Waals surface area (Å²) in [5.41, 5.74) is 0. The molecule has 19 heavy (non-hydrogen) atoms. The topological polar surface area (TPSA) is 63.0 Å². The lowest BCUT2D eigenvalue weighted by Gasteiger charge is -2.33. The van der Waals surface area contributed by atoms with Crippen molar-refractivity contribution in [1.29, 1.82) is 0 Å². The van der Waals surface area contributed by atoms with Crippen LogP contribution >= 0.6 is 15.9 Å². The molecule has 1 fully saturated rings. The molecule has 0 saturated carbocycles. The van der Waals surface area contributed by atoms with E-state index < -0.39 is 0 Å². The molecule has 6 nitrogen and oxygen atoms in total. The highest BCUT2D eigenvalue weighted by atomic mass is 79.9. The Hall–Kier alpha value is -1.50. The first-order chi connectivity index (χ1) is 9.11. The third-order valence-corrected chi connectivity index (χ3v) is 3.30. The molecule has 1 aromatic rings. The van der Waals surface area contributed by atoms with E-state index in [1.807, 2.05) is 0 Å². The molecule has 0 atom stereocenters. The zero-order valence-electron chi connectivity index (χ0n) is 10.6. The van der Waals surface area contributed by atoms with Gasteiger partial charge in [0.15, 0.2) is 10.4 Å². The zero-order chi connectivity index (χ0) is 13.8. The molecule has 0 unspecified atom stereocenters.